The van der Waals surface area contributed by atoms with Gasteiger partial charge >= 0.3 is 0 Å². The molecule has 2 N–H and O–H groups in total. The molecule has 0 fully saturated rings. The number of hydrogen-bond donors (Lipinski definition) is 1. The van der Waals surface area contributed by atoms with E-state index >= 15 is 0 Å². The van der Waals surface area contributed by atoms with E-state index in [0.717, 1.165) is 22.4 Å². The SMILES string of the molecule is NC(c1cccc(F)c1F)c1cccc2ccncc12. The highest BCUT2D eigenvalue weighted by molar-refractivity contribution is 5.85. The van der Waals surface area contributed by atoms with Crippen LogP contribution < -0.4 is 5.73 Å². The molecule has 1 unspecified atom stereocenters. The molecule has 2 nitrogen and oxygen atoms in total. The zero-order chi connectivity index (χ0) is 14.1. The molecule has 0 saturated carbocycles. The Morgan fingerprint density at radius 1 is 0.950 bits per heavy atom. The van der Waals surface area contributed by atoms with E-state index in [0.29, 0.717) is 0 Å². The number of benzene rings is 2. The van der Waals surface area contributed by atoms with E-state index in [2.05, 4.69) is 4.98 Å². The lowest BCUT2D eigenvalue weighted by atomic mass is 9.95. The molecule has 3 aromatic rings. The quantitative estimate of drug-likeness (QED) is 0.773. The van der Waals surface area contributed by atoms with Gasteiger partial charge in [0.25, 0.3) is 0 Å². The molecule has 4 heteroatoms. The second-order valence-corrected chi connectivity index (χ2v) is 4.56. The van der Waals surface area contributed by atoms with Gasteiger partial charge in [0, 0.05) is 23.3 Å². The van der Waals surface area contributed by atoms with Gasteiger partial charge in [-0.05, 0) is 23.1 Å². The zero-order valence-corrected chi connectivity index (χ0v) is 10.6. The summed E-state index contributed by atoms with van der Waals surface area (Å²) in [4.78, 5) is 4.07. The summed E-state index contributed by atoms with van der Waals surface area (Å²) < 4.78 is 27.2. The number of fused-ring (bicyclic) bond motifs is 1. The molecule has 0 aliphatic heterocycles. The van der Waals surface area contributed by atoms with E-state index in [-0.39, 0.29) is 5.56 Å². The van der Waals surface area contributed by atoms with E-state index < -0.39 is 17.7 Å². The molecule has 0 saturated heterocycles. The van der Waals surface area contributed by atoms with E-state index in [1.807, 2.05) is 18.2 Å². The molecule has 100 valence electrons. The fourth-order valence-electron chi connectivity index (χ4n) is 2.34. The van der Waals surface area contributed by atoms with Crippen molar-refractivity contribution in [1.29, 1.82) is 0 Å². The summed E-state index contributed by atoms with van der Waals surface area (Å²) >= 11 is 0. The molecule has 0 amide bonds. The molecule has 0 radical (unpaired) electrons. The first-order chi connectivity index (χ1) is 9.68. The monoisotopic (exact) mass is 270 g/mol. The lowest BCUT2D eigenvalue weighted by Crippen LogP contribution is -2.14. The Balaban J connectivity index is 2.18. The average molecular weight is 270 g/mol. The van der Waals surface area contributed by atoms with Crippen molar-refractivity contribution in [3.63, 3.8) is 0 Å². The number of aromatic nitrogens is 1. The van der Waals surface area contributed by atoms with Gasteiger partial charge in [0.2, 0.25) is 0 Å². The Kier molecular flexibility index (Phi) is 3.16. The highest BCUT2D eigenvalue weighted by atomic mass is 19.2. The van der Waals surface area contributed by atoms with Gasteiger partial charge in [0.05, 0.1) is 6.04 Å². The summed E-state index contributed by atoms with van der Waals surface area (Å²) in [5.41, 5.74) is 6.98. The molecule has 1 aromatic heterocycles. The molecular weight excluding hydrogens is 258 g/mol. The van der Waals surface area contributed by atoms with Crippen LogP contribution in [0.1, 0.15) is 17.2 Å². The van der Waals surface area contributed by atoms with Crippen LogP contribution >= 0.6 is 0 Å². The van der Waals surface area contributed by atoms with Crippen LogP contribution in [0.15, 0.2) is 54.9 Å². The number of rotatable bonds is 2. The standard InChI is InChI=1S/C16H12F2N2/c17-14-6-2-5-12(15(14)18)16(19)11-4-1-3-10-7-8-20-9-13(10)11/h1-9,16H,19H2. The van der Waals surface area contributed by atoms with Crippen LogP contribution in [0.5, 0.6) is 0 Å². The van der Waals surface area contributed by atoms with Gasteiger partial charge in [0.15, 0.2) is 11.6 Å². The van der Waals surface area contributed by atoms with Crippen LogP contribution in [0.2, 0.25) is 0 Å². The Labute approximate surface area is 114 Å². The van der Waals surface area contributed by atoms with E-state index in [9.17, 15) is 8.78 Å². The van der Waals surface area contributed by atoms with Crippen molar-refractivity contribution in [2.75, 3.05) is 0 Å². The molecular formula is C16H12F2N2. The van der Waals surface area contributed by atoms with E-state index in [1.165, 1.54) is 12.1 Å². The van der Waals surface area contributed by atoms with Crippen molar-refractivity contribution in [2.45, 2.75) is 6.04 Å². The molecule has 0 spiro atoms. The maximum atomic E-state index is 13.9. The zero-order valence-electron chi connectivity index (χ0n) is 10.6. The predicted octanol–water partition coefficient (Wildman–Crippen LogP) is 3.56. The summed E-state index contributed by atoms with van der Waals surface area (Å²) in [5.74, 6) is -1.79. The highest BCUT2D eigenvalue weighted by Crippen LogP contribution is 2.28. The second kappa shape index (κ2) is 4.98. The lowest BCUT2D eigenvalue weighted by molar-refractivity contribution is 0.494. The Morgan fingerprint density at radius 3 is 2.55 bits per heavy atom. The third-order valence-corrected chi connectivity index (χ3v) is 3.37. The number of nitrogens with two attached hydrogens (primary N) is 1. The first-order valence-electron chi connectivity index (χ1n) is 6.20. The minimum atomic E-state index is -0.902. The third-order valence-electron chi connectivity index (χ3n) is 3.37. The highest BCUT2D eigenvalue weighted by Gasteiger charge is 2.18. The molecule has 1 heterocycles. The summed E-state index contributed by atoms with van der Waals surface area (Å²) in [7, 11) is 0. The van der Waals surface area contributed by atoms with Gasteiger partial charge in [-0.15, -0.1) is 0 Å². The van der Waals surface area contributed by atoms with Crippen LogP contribution in [-0.2, 0) is 0 Å². The molecule has 3 rings (SSSR count). The molecule has 0 aliphatic carbocycles. The van der Waals surface area contributed by atoms with Crippen LogP contribution in [-0.4, -0.2) is 4.98 Å². The van der Waals surface area contributed by atoms with Crippen LogP contribution in [0.4, 0.5) is 8.78 Å². The fourth-order valence-corrected chi connectivity index (χ4v) is 2.34. The first kappa shape index (κ1) is 12.7. The maximum Gasteiger partial charge on any atom is 0.163 e. The minimum Gasteiger partial charge on any atom is -0.320 e. The summed E-state index contributed by atoms with van der Waals surface area (Å²) in [6, 6.07) is 10.7. The predicted molar refractivity (Wildman–Crippen MR) is 74.1 cm³/mol. The largest absolute Gasteiger partial charge is 0.320 e. The van der Waals surface area contributed by atoms with Crippen molar-refractivity contribution < 1.29 is 8.78 Å². The number of halogens is 2. The van der Waals surface area contributed by atoms with E-state index in [1.54, 1.807) is 18.5 Å². The molecule has 0 aliphatic rings. The Hall–Kier alpha value is -2.33. The van der Waals surface area contributed by atoms with Crippen molar-refractivity contribution in [3.8, 4) is 0 Å². The average Bonchev–Trinajstić information content (AvgIpc) is 2.49. The summed E-state index contributed by atoms with van der Waals surface area (Å²) in [6.07, 6.45) is 3.36. The summed E-state index contributed by atoms with van der Waals surface area (Å²) in [5, 5.41) is 1.80. The van der Waals surface area contributed by atoms with Crippen molar-refractivity contribution in [1.82, 2.24) is 4.98 Å². The van der Waals surface area contributed by atoms with Crippen LogP contribution in [0.3, 0.4) is 0 Å². The van der Waals surface area contributed by atoms with Gasteiger partial charge < -0.3 is 5.73 Å². The molecule has 2 aromatic carbocycles. The first-order valence-corrected chi connectivity index (χ1v) is 6.20. The number of pyridine rings is 1. The maximum absolute atomic E-state index is 13.9. The minimum absolute atomic E-state index is 0.140. The van der Waals surface area contributed by atoms with E-state index in [4.69, 9.17) is 5.73 Å². The smallest absolute Gasteiger partial charge is 0.163 e. The van der Waals surface area contributed by atoms with Crippen molar-refractivity contribution in [2.24, 2.45) is 5.73 Å². The Morgan fingerprint density at radius 2 is 1.70 bits per heavy atom. The Bertz CT molecular complexity index is 766. The van der Waals surface area contributed by atoms with Crippen molar-refractivity contribution in [3.05, 3.63) is 77.6 Å². The lowest BCUT2D eigenvalue weighted by Gasteiger charge is -2.16. The molecule has 20 heavy (non-hydrogen) atoms. The fraction of sp³-hybridized carbons (Fsp3) is 0.0625. The number of hydrogen-bond acceptors (Lipinski definition) is 2. The molecule has 0 bridgehead atoms. The van der Waals surface area contributed by atoms with Gasteiger partial charge in [0.1, 0.15) is 0 Å². The third kappa shape index (κ3) is 2.04. The van der Waals surface area contributed by atoms with Crippen LogP contribution in [0, 0.1) is 11.6 Å². The summed E-state index contributed by atoms with van der Waals surface area (Å²) in [6.45, 7) is 0. The van der Waals surface area contributed by atoms with Crippen molar-refractivity contribution >= 4 is 10.8 Å². The molecule has 1 atom stereocenters. The van der Waals surface area contributed by atoms with Gasteiger partial charge in [-0.25, -0.2) is 8.78 Å². The number of nitrogens with zero attached hydrogens (tertiary/aromatic N) is 1. The van der Waals surface area contributed by atoms with Crippen LogP contribution in [0.25, 0.3) is 10.8 Å². The topological polar surface area (TPSA) is 38.9 Å². The van der Waals surface area contributed by atoms with Gasteiger partial charge in [-0.1, -0.05) is 30.3 Å². The van der Waals surface area contributed by atoms with Gasteiger partial charge in [-0.2, -0.15) is 0 Å². The normalized spacial score (nSPS) is 12.6. The second-order valence-electron chi connectivity index (χ2n) is 4.56. The van der Waals surface area contributed by atoms with Gasteiger partial charge in [-0.3, -0.25) is 4.98 Å².